The normalized spacial score (nSPS) is 16.1. The summed E-state index contributed by atoms with van der Waals surface area (Å²) in [5.41, 5.74) is 9.72. The first-order chi connectivity index (χ1) is 9.17. The van der Waals surface area contributed by atoms with Crippen molar-refractivity contribution in [2.75, 3.05) is 0 Å². The number of hydrogen-bond donors (Lipinski definition) is 1. The molecule has 19 heavy (non-hydrogen) atoms. The minimum absolute atomic E-state index is 0.0667. The summed E-state index contributed by atoms with van der Waals surface area (Å²) < 4.78 is 5.87. The molecule has 0 spiro atoms. The standard InChI is InChI=1S/C17H19NO/c1-13-11-15(17(18)9-10-17)7-8-16(13)19-12-14-5-3-2-4-6-14/h2-8,11H,9-10,12,18H2,1H3. The van der Waals surface area contributed by atoms with E-state index in [0.29, 0.717) is 6.61 Å². The van der Waals surface area contributed by atoms with Gasteiger partial charge in [0.05, 0.1) is 0 Å². The zero-order valence-corrected chi connectivity index (χ0v) is 11.2. The number of hydrogen-bond acceptors (Lipinski definition) is 2. The van der Waals surface area contributed by atoms with Crippen molar-refractivity contribution < 1.29 is 4.74 Å². The van der Waals surface area contributed by atoms with E-state index in [1.54, 1.807) is 0 Å². The summed E-state index contributed by atoms with van der Waals surface area (Å²) in [5, 5.41) is 0. The van der Waals surface area contributed by atoms with E-state index >= 15 is 0 Å². The highest BCUT2D eigenvalue weighted by molar-refractivity contribution is 5.41. The van der Waals surface area contributed by atoms with Crippen molar-refractivity contribution in [3.63, 3.8) is 0 Å². The maximum absolute atomic E-state index is 6.21. The summed E-state index contributed by atoms with van der Waals surface area (Å²) >= 11 is 0. The molecule has 0 heterocycles. The lowest BCUT2D eigenvalue weighted by atomic mass is 10.0. The van der Waals surface area contributed by atoms with Crippen LogP contribution in [0, 0.1) is 6.92 Å². The van der Waals surface area contributed by atoms with Gasteiger partial charge in [0.25, 0.3) is 0 Å². The van der Waals surface area contributed by atoms with Gasteiger partial charge in [-0.15, -0.1) is 0 Å². The van der Waals surface area contributed by atoms with Crippen molar-refractivity contribution in [3.05, 3.63) is 65.2 Å². The molecule has 3 rings (SSSR count). The molecule has 0 atom stereocenters. The summed E-state index contributed by atoms with van der Waals surface area (Å²) in [6.45, 7) is 2.68. The molecule has 0 bridgehead atoms. The predicted molar refractivity (Wildman–Crippen MR) is 77.1 cm³/mol. The lowest BCUT2D eigenvalue weighted by molar-refractivity contribution is 0.304. The summed E-state index contributed by atoms with van der Waals surface area (Å²) in [6, 6.07) is 16.5. The van der Waals surface area contributed by atoms with Crippen LogP contribution < -0.4 is 10.5 Å². The smallest absolute Gasteiger partial charge is 0.122 e. The summed E-state index contributed by atoms with van der Waals surface area (Å²) in [5.74, 6) is 0.942. The Kier molecular flexibility index (Phi) is 3.03. The summed E-state index contributed by atoms with van der Waals surface area (Å²) in [4.78, 5) is 0. The van der Waals surface area contributed by atoms with Gasteiger partial charge in [0.1, 0.15) is 12.4 Å². The fourth-order valence-corrected chi connectivity index (χ4v) is 2.28. The highest BCUT2D eigenvalue weighted by Crippen LogP contribution is 2.43. The van der Waals surface area contributed by atoms with E-state index in [0.717, 1.165) is 24.2 Å². The number of nitrogens with two attached hydrogens (primary N) is 1. The number of rotatable bonds is 4. The second kappa shape index (κ2) is 4.71. The topological polar surface area (TPSA) is 35.2 Å². The van der Waals surface area contributed by atoms with Crippen LogP contribution >= 0.6 is 0 Å². The van der Waals surface area contributed by atoms with Crippen LogP contribution in [0.4, 0.5) is 0 Å². The first kappa shape index (κ1) is 12.2. The van der Waals surface area contributed by atoms with Crippen molar-refractivity contribution in [2.45, 2.75) is 31.9 Å². The number of aryl methyl sites for hydroxylation is 1. The van der Waals surface area contributed by atoms with Crippen LogP contribution in [0.3, 0.4) is 0 Å². The van der Waals surface area contributed by atoms with Gasteiger partial charge in [-0.05, 0) is 42.5 Å². The average molecular weight is 253 g/mol. The minimum atomic E-state index is -0.0667. The van der Waals surface area contributed by atoms with E-state index in [1.807, 2.05) is 24.3 Å². The third-order valence-corrected chi connectivity index (χ3v) is 3.78. The SMILES string of the molecule is Cc1cc(C2(N)CC2)ccc1OCc1ccccc1. The third-order valence-electron chi connectivity index (χ3n) is 3.78. The van der Waals surface area contributed by atoms with E-state index < -0.39 is 0 Å². The number of benzene rings is 2. The molecule has 1 fully saturated rings. The summed E-state index contributed by atoms with van der Waals surface area (Å²) in [6.07, 6.45) is 2.19. The molecule has 2 heteroatoms. The Bertz CT molecular complexity index is 573. The largest absolute Gasteiger partial charge is 0.489 e. The van der Waals surface area contributed by atoms with Crippen molar-refractivity contribution in [3.8, 4) is 5.75 Å². The average Bonchev–Trinajstić information content (AvgIpc) is 3.18. The fraction of sp³-hybridized carbons (Fsp3) is 0.294. The molecule has 0 aliphatic heterocycles. The molecule has 0 aromatic heterocycles. The fourth-order valence-electron chi connectivity index (χ4n) is 2.28. The van der Waals surface area contributed by atoms with Crippen LogP contribution in [-0.4, -0.2) is 0 Å². The van der Waals surface area contributed by atoms with Gasteiger partial charge in [0.15, 0.2) is 0 Å². The number of ether oxygens (including phenoxy) is 1. The Balaban J connectivity index is 1.71. The van der Waals surface area contributed by atoms with Crippen LogP contribution in [-0.2, 0) is 12.1 Å². The molecule has 2 aromatic rings. The molecule has 2 aromatic carbocycles. The van der Waals surface area contributed by atoms with E-state index in [1.165, 1.54) is 11.1 Å². The van der Waals surface area contributed by atoms with Crippen LogP contribution in [0.2, 0.25) is 0 Å². The van der Waals surface area contributed by atoms with Gasteiger partial charge in [0, 0.05) is 5.54 Å². The maximum Gasteiger partial charge on any atom is 0.122 e. The van der Waals surface area contributed by atoms with Crippen LogP contribution in [0.1, 0.15) is 29.5 Å². The summed E-state index contributed by atoms with van der Waals surface area (Å²) in [7, 11) is 0. The molecular weight excluding hydrogens is 234 g/mol. The van der Waals surface area contributed by atoms with Gasteiger partial charge in [-0.3, -0.25) is 0 Å². The van der Waals surface area contributed by atoms with Gasteiger partial charge in [-0.2, -0.15) is 0 Å². The maximum atomic E-state index is 6.21. The van der Waals surface area contributed by atoms with Gasteiger partial charge >= 0.3 is 0 Å². The van der Waals surface area contributed by atoms with E-state index in [2.05, 4.69) is 31.2 Å². The monoisotopic (exact) mass is 253 g/mol. The van der Waals surface area contributed by atoms with Gasteiger partial charge in [0.2, 0.25) is 0 Å². The first-order valence-electron chi connectivity index (χ1n) is 6.74. The molecule has 0 saturated heterocycles. The van der Waals surface area contributed by atoms with E-state index in [-0.39, 0.29) is 5.54 Å². The minimum Gasteiger partial charge on any atom is -0.489 e. The van der Waals surface area contributed by atoms with Crippen LogP contribution in [0.25, 0.3) is 0 Å². The molecule has 2 nitrogen and oxygen atoms in total. The zero-order valence-electron chi connectivity index (χ0n) is 11.2. The van der Waals surface area contributed by atoms with Gasteiger partial charge in [-0.1, -0.05) is 42.5 Å². The Morgan fingerprint density at radius 2 is 1.84 bits per heavy atom. The highest BCUT2D eigenvalue weighted by atomic mass is 16.5. The molecule has 98 valence electrons. The predicted octanol–water partition coefficient (Wildman–Crippen LogP) is 3.52. The van der Waals surface area contributed by atoms with E-state index in [4.69, 9.17) is 10.5 Å². The van der Waals surface area contributed by atoms with E-state index in [9.17, 15) is 0 Å². The first-order valence-corrected chi connectivity index (χ1v) is 6.74. The third kappa shape index (κ3) is 2.64. The van der Waals surface area contributed by atoms with Gasteiger partial charge in [-0.25, -0.2) is 0 Å². The molecule has 1 aliphatic carbocycles. The quantitative estimate of drug-likeness (QED) is 0.904. The molecule has 0 unspecified atom stereocenters. The molecule has 2 N–H and O–H groups in total. The Morgan fingerprint density at radius 1 is 1.11 bits per heavy atom. The van der Waals surface area contributed by atoms with Crippen molar-refractivity contribution >= 4 is 0 Å². The molecule has 1 aliphatic rings. The molecular formula is C17H19NO. The van der Waals surface area contributed by atoms with Crippen molar-refractivity contribution in [1.29, 1.82) is 0 Å². The van der Waals surface area contributed by atoms with Crippen LogP contribution in [0.15, 0.2) is 48.5 Å². The molecule has 1 saturated carbocycles. The Morgan fingerprint density at radius 3 is 2.47 bits per heavy atom. The second-order valence-electron chi connectivity index (χ2n) is 5.41. The molecule has 0 radical (unpaired) electrons. The van der Waals surface area contributed by atoms with Crippen molar-refractivity contribution in [2.24, 2.45) is 5.73 Å². The second-order valence-corrected chi connectivity index (χ2v) is 5.41. The van der Waals surface area contributed by atoms with Crippen molar-refractivity contribution in [1.82, 2.24) is 0 Å². The van der Waals surface area contributed by atoms with Crippen LogP contribution in [0.5, 0.6) is 5.75 Å². The van der Waals surface area contributed by atoms with Gasteiger partial charge < -0.3 is 10.5 Å². The molecule has 0 amide bonds. The highest BCUT2D eigenvalue weighted by Gasteiger charge is 2.40. The zero-order chi connectivity index (χ0) is 13.3. The lowest BCUT2D eigenvalue weighted by Crippen LogP contribution is -2.18. The lowest BCUT2D eigenvalue weighted by Gasteiger charge is -2.14. The Hall–Kier alpha value is -1.80. The Labute approximate surface area is 114 Å².